The Balaban J connectivity index is 2.26. The second-order valence-electron chi connectivity index (χ2n) is 4.45. The summed E-state index contributed by atoms with van der Waals surface area (Å²) in [5, 5.41) is 12.1. The first kappa shape index (κ1) is 12.1. The maximum atomic E-state index is 12.1. The van der Waals surface area contributed by atoms with Crippen LogP contribution >= 0.6 is 0 Å². The van der Waals surface area contributed by atoms with E-state index in [2.05, 4.69) is 12.2 Å². The molecule has 1 fully saturated rings. The Bertz CT molecular complexity index is 431. The fraction of sp³-hybridized carbons (Fsp3) is 0.462. The largest absolute Gasteiger partial charge is 0.394 e. The first-order valence-corrected chi connectivity index (χ1v) is 5.86. The SMILES string of the molecule is Cc1ccc(N2CCNC(CO)C2=O)cc1C. The van der Waals surface area contributed by atoms with Gasteiger partial charge in [0.1, 0.15) is 6.04 Å². The van der Waals surface area contributed by atoms with Gasteiger partial charge in [-0.15, -0.1) is 0 Å². The minimum absolute atomic E-state index is 0.0537. The number of rotatable bonds is 2. The van der Waals surface area contributed by atoms with Crippen molar-refractivity contribution in [3.05, 3.63) is 29.3 Å². The Morgan fingerprint density at radius 3 is 2.82 bits per heavy atom. The molecule has 0 aliphatic carbocycles. The van der Waals surface area contributed by atoms with Crippen molar-refractivity contribution in [2.75, 3.05) is 24.6 Å². The van der Waals surface area contributed by atoms with E-state index in [1.807, 2.05) is 25.1 Å². The third kappa shape index (κ3) is 2.33. The van der Waals surface area contributed by atoms with Gasteiger partial charge in [0.2, 0.25) is 5.91 Å². The summed E-state index contributed by atoms with van der Waals surface area (Å²) >= 11 is 0. The highest BCUT2D eigenvalue weighted by molar-refractivity contribution is 5.98. The van der Waals surface area contributed by atoms with Crippen LogP contribution in [0.15, 0.2) is 18.2 Å². The summed E-state index contributed by atoms with van der Waals surface area (Å²) in [7, 11) is 0. The van der Waals surface area contributed by atoms with Gasteiger partial charge in [0, 0.05) is 18.8 Å². The van der Waals surface area contributed by atoms with Gasteiger partial charge in [-0.3, -0.25) is 4.79 Å². The maximum Gasteiger partial charge on any atom is 0.246 e. The molecule has 1 saturated heterocycles. The molecule has 0 saturated carbocycles. The lowest BCUT2D eigenvalue weighted by Crippen LogP contribution is -2.56. The van der Waals surface area contributed by atoms with Crippen LogP contribution in [0.4, 0.5) is 5.69 Å². The van der Waals surface area contributed by atoms with Gasteiger partial charge in [0.15, 0.2) is 0 Å². The average Bonchev–Trinajstić information content (AvgIpc) is 2.33. The van der Waals surface area contributed by atoms with Crippen molar-refractivity contribution < 1.29 is 9.90 Å². The van der Waals surface area contributed by atoms with Crippen molar-refractivity contribution in [3.63, 3.8) is 0 Å². The number of hydrogen-bond acceptors (Lipinski definition) is 3. The molecule has 0 spiro atoms. The summed E-state index contributed by atoms with van der Waals surface area (Å²) in [6.45, 7) is 5.30. The average molecular weight is 234 g/mol. The lowest BCUT2D eigenvalue weighted by molar-refractivity contribution is -0.122. The monoisotopic (exact) mass is 234 g/mol. The normalized spacial score (nSPS) is 20.8. The van der Waals surface area contributed by atoms with E-state index in [-0.39, 0.29) is 12.5 Å². The van der Waals surface area contributed by atoms with Crippen LogP contribution in [-0.4, -0.2) is 36.8 Å². The maximum absolute atomic E-state index is 12.1. The van der Waals surface area contributed by atoms with Gasteiger partial charge in [0.25, 0.3) is 0 Å². The molecule has 4 nitrogen and oxygen atoms in total. The Hall–Kier alpha value is -1.39. The number of benzene rings is 1. The zero-order chi connectivity index (χ0) is 12.4. The molecule has 0 radical (unpaired) electrons. The van der Waals surface area contributed by atoms with Crippen molar-refractivity contribution in [1.82, 2.24) is 5.32 Å². The second kappa shape index (κ2) is 4.85. The molecule has 1 amide bonds. The number of amides is 1. The fourth-order valence-electron chi connectivity index (χ4n) is 2.03. The summed E-state index contributed by atoms with van der Waals surface area (Å²) in [6, 6.07) is 5.53. The zero-order valence-corrected chi connectivity index (χ0v) is 10.2. The molecule has 4 heteroatoms. The van der Waals surface area contributed by atoms with Crippen LogP contribution in [-0.2, 0) is 4.79 Å². The van der Waals surface area contributed by atoms with Crippen LogP contribution in [0.25, 0.3) is 0 Å². The summed E-state index contributed by atoms with van der Waals surface area (Å²) < 4.78 is 0. The molecule has 2 N–H and O–H groups in total. The minimum Gasteiger partial charge on any atom is -0.394 e. The summed E-state index contributed by atoms with van der Waals surface area (Å²) in [6.07, 6.45) is 0. The number of nitrogens with zero attached hydrogens (tertiary/aromatic N) is 1. The Morgan fingerprint density at radius 1 is 1.41 bits per heavy atom. The predicted octanol–water partition coefficient (Wildman–Crippen LogP) is 0.601. The highest BCUT2D eigenvalue weighted by Gasteiger charge is 2.28. The van der Waals surface area contributed by atoms with Crippen LogP contribution in [0.3, 0.4) is 0 Å². The molecule has 0 bridgehead atoms. The van der Waals surface area contributed by atoms with Gasteiger partial charge < -0.3 is 15.3 Å². The highest BCUT2D eigenvalue weighted by Crippen LogP contribution is 2.20. The number of aliphatic hydroxyl groups excluding tert-OH is 1. The Kier molecular flexibility index (Phi) is 3.45. The third-order valence-corrected chi connectivity index (χ3v) is 3.28. The van der Waals surface area contributed by atoms with Crippen molar-refractivity contribution in [1.29, 1.82) is 0 Å². The van der Waals surface area contributed by atoms with Crippen LogP contribution in [0.5, 0.6) is 0 Å². The van der Waals surface area contributed by atoms with E-state index in [0.29, 0.717) is 13.1 Å². The van der Waals surface area contributed by atoms with Crippen molar-refractivity contribution >= 4 is 11.6 Å². The Labute approximate surface area is 101 Å². The fourth-order valence-corrected chi connectivity index (χ4v) is 2.03. The van der Waals surface area contributed by atoms with Crippen molar-refractivity contribution in [2.24, 2.45) is 0 Å². The van der Waals surface area contributed by atoms with Gasteiger partial charge in [-0.05, 0) is 37.1 Å². The third-order valence-electron chi connectivity index (χ3n) is 3.28. The van der Waals surface area contributed by atoms with Crippen LogP contribution < -0.4 is 10.2 Å². The van der Waals surface area contributed by atoms with Crippen molar-refractivity contribution in [3.8, 4) is 0 Å². The topological polar surface area (TPSA) is 52.6 Å². The summed E-state index contributed by atoms with van der Waals surface area (Å²) in [4.78, 5) is 13.8. The molecule has 1 aliphatic heterocycles. The molecule has 1 aromatic rings. The minimum atomic E-state index is -0.467. The van der Waals surface area contributed by atoms with Gasteiger partial charge in [-0.25, -0.2) is 0 Å². The molecule has 0 aromatic heterocycles. The number of nitrogens with one attached hydrogen (secondary N) is 1. The van der Waals surface area contributed by atoms with Gasteiger partial charge in [-0.1, -0.05) is 6.07 Å². The molecule has 1 unspecified atom stereocenters. The van der Waals surface area contributed by atoms with E-state index in [1.54, 1.807) is 4.90 Å². The lowest BCUT2D eigenvalue weighted by Gasteiger charge is -2.32. The number of piperazine rings is 1. The van der Waals surface area contributed by atoms with Crippen molar-refractivity contribution in [2.45, 2.75) is 19.9 Å². The first-order valence-electron chi connectivity index (χ1n) is 5.86. The Morgan fingerprint density at radius 2 is 2.18 bits per heavy atom. The summed E-state index contributed by atoms with van der Waals surface area (Å²) in [5.74, 6) is -0.0537. The smallest absolute Gasteiger partial charge is 0.246 e. The lowest BCUT2D eigenvalue weighted by atomic mass is 10.1. The predicted molar refractivity (Wildman–Crippen MR) is 67.1 cm³/mol. The molecule has 1 heterocycles. The van der Waals surface area contributed by atoms with Gasteiger partial charge in [0.05, 0.1) is 6.61 Å². The van der Waals surface area contributed by atoms with E-state index >= 15 is 0 Å². The van der Waals surface area contributed by atoms with Gasteiger partial charge >= 0.3 is 0 Å². The van der Waals surface area contributed by atoms with E-state index < -0.39 is 6.04 Å². The molecule has 2 rings (SSSR count). The van der Waals surface area contributed by atoms with E-state index in [0.717, 1.165) is 5.69 Å². The number of hydrogen-bond donors (Lipinski definition) is 2. The molecular weight excluding hydrogens is 216 g/mol. The zero-order valence-electron chi connectivity index (χ0n) is 10.2. The van der Waals surface area contributed by atoms with E-state index in [4.69, 9.17) is 5.11 Å². The second-order valence-corrected chi connectivity index (χ2v) is 4.45. The van der Waals surface area contributed by atoms with Crippen LogP contribution in [0.2, 0.25) is 0 Å². The number of aryl methyl sites for hydroxylation is 2. The first-order chi connectivity index (χ1) is 8.13. The standard InChI is InChI=1S/C13H18N2O2/c1-9-3-4-11(7-10(9)2)15-6-5-14-12(8-16)13(15)17/h3-4,7,12,14,16H,5-6,8H2,1-2H3. The quantitative estimate of drug-likeness (QED) is 0.788. The number of anilines is 1. The number of aliphatic hydroxyl groups is 1. The van der Waals surface area contributed by atoms with Gasteiger partial charge in [-0.2, -0.15) is 0 Å². The summed E-state index contributed by atoms with van der Waals surface area (Å²) in [5.41, 5.74) is 3.31. The van der Waals surface area contributed by atoms with Crippen LogP contribution in [0.1, 0.15) is 11.1 Å². The highest BCUT2D eigenvalue weighted by atomic mass is 16.3. The molecule has 1 aromatic carbocycles. The van der Waals surface area contributed by atoms with Crippen LogP contribution in [0, 0.1) is 13.8 Å². The van der Waals surface area contributed by atoms with E-state index in [1.165, 1.54) is 11.1 Å². The molecule has 17 heavy (non-hydrogen) atoms. The number of carbonyl (C=O) groups is 1. The molecule has 1 atom stereocenters. The molecule has 92 valence electrons. The van der Waals surface area contributed by atoms with E-state index in [9.17, 15) is 4.79 Å². The molecule has 1 aliphatic rings. The number of carbonyl (C=O) groups excluding carboxylic acids is 1. The molecular formula is C13H18N2O2.